The lowest BCUT2D eigenvalue weighted by molar-refractivity contribution is -0.141. The predicted molar refractivity (Wildman–Crippen MR) is 83.4 cm³/mol. The Bertz CT molecular complexity index is 600. The van der Waals surface area contributed by atoms with Crippen LogP contribution in [0.4, 0.5) is 5.69 Å². The van der Waals surface area contributed by atoms with Gasteiger partial charge in [-0.3, -0.25) is 0 Å². The van der Waals surface area contributed by atoms with E-state index in [-0.39, 0.29) is 5.97 Å². The van der Waals surface area contributed by atoms with Gasteiger partial charge in [0.1, 0.15) is 5.75 Å². The summed E-state index contributed by atoms with van der Waals surface area (Å²) in [5, 5.41) is 5.10. The molecule has 0 radical (unpaired) electrons. The number of esters is 1. The zero-order chi connectivity index (χ0) is 14.5. The molecule has 1 atom stereocenters. The molecule has 1 N–H and O–H groups in total. The minimum absolute atomic E-state index is 0.331. The van der Waals surface area contributed by atoms with E-state index in [4.69, 9.17) is 9.47 Å². The van der Waals surface area contributed by atoms with Crippen LogP contribution in [0, 0.1) is 0 Å². The standard InChI is InChI=1S/C14H14BrNO3S/c1-18-11-5-3-4-10(7-11)16-13(14(17)19-2)12-6-9(15)8-20-12/h3-8,13,16H,1-2H3. The molecule has 0 aliphatic carbocycles. The molecular weight excluding hydrogens is 342 g/mol. The van der Waals surface area contributed by atoms with Crippen LogP contribution >= 0.6 is 27.3 Å². The van der Waals surface area contributed by atoms with E-state index < -0.39 is 6.04 Å². The average Bonchev–Trinajstić information content (AvgIpc) is 2.90. The SMILES string of the molecule is COC(=O)C(Nc1cccc(OC)c1)c1cc(Br)cs1. The smallest absolute Gasteiger partial charge is 0.333 e. The summed E-state index contributed by atoms with van der Waals surface area (Å²) < 4.78 is 11.0. The zero-order valence-electron chi connectivity index (χ0n) is 11.1. The highest BCUT2D eigenvalue weighted by Crippen LogP contribution is 2.30. The van der Waals surface area contributed by atoms with Crippen LogP contribution in [0.25, 0.3) is 0 Å². The normalized spacial score (nSPS) is 11.8. The molecule has 2 rings (SSSR count). The van der Waals surface area contributed by atoms with Crippen LogP contribution in [0.5, 0.6) is 5.75 Å². The quantitative estimate of drug-likeness (QED) is 0.827. The van der Waals surface area contributed by atoms with Gasteiger partial charge in [-0.15, -0.1) is 11.3 Å². The number of ether oxygens (including phenoxy) is 2. The fourth-order valence-electron chi connectivity index (χ4n) is 1.72. The molecule has 0 spiro atoms. The van der Waals surface area contributed by atoms with Gasteiger partial charge >= 0.3 is 5.97 Å². The van der Waals surface area contributed by atoms with Gasteiger partial charge in [-0.1, -0.05) is 6.07 Å². The van der Waals surface area contributed by atoms with Gasteiger partial charge < -0.3 is 14.8 Å². The van der Waals surface area contributed by atoms with Gasteiger partial charge in [0.2, 0.25) is 0 Å². The average molecular weight is 356 g/mol. The molecule has 0 saturated carbocycles. The summed E-state index contributed by atoms with van der Waals surface area (Å²) in [4.78, 5) is 12.8. The Morgan fingerprint density at radius 3 is 2.75 bits per heavy atom. The zero-order valence-corrected chi connectivity index (χ0v) is 13.5. The van der Waals surface area contributed by atoms with Crippen LogP contribution in [-0.2, 0) is 9.53 Å². The summed E-state index contributed by atoms with van der Waals surface area (Å²) in [6.07, 6.45) is 0. The molecule has 1 heterocycles. The van der Waals surface area contributed by atoms with Crippen molar-refractivity contribution in [3.05, 3.63) is 45.1 Å². The van der Waals surface area contributed by atoms with Crippen molar-refractivity contribution in [1.82, 2.24) is 0 Å². The molecule has 2 aromatic rings. The van der Waals surface area contributed by atoms with Crippen molar-refractivity contribution < 1.29 is 14.3 Å². The Kier molecular flexibility index (Phi) is 5.03. The van der Waals surface area contributed by atoms with Gasteiger partial charge in [-0.05, 0) is 34.1 Å². The highest BCUT2D eigenvalue weighted by molar-refractivity contribution is 9.10. The number of methoxy groups -OCH3 is 2. The summed E-state index contributed by atoms with van der Waals surface area (Å²) in [6, 6.07) is 8.78. The molecule has 0 bridgehead atoms. The maximum Gasteiger partial charge on any atom is 0.333 e. The number of carbonyl (C=O) groups is 1. The number of hydrogen-bond donors (Lipinski definition) is 1. The number of thiophene rings is 1. The number of carbonyl (C=O) groups excluding carboxylic acids is 1. The Morgan fingerprint density at radius 1 is 1.35 bits per heavy atom. The van der Waals surface area contributed by atoms with E-state index in [1.807, 2.05) is 35.7 Å². The highest BCUT2D eigenvalue weighted by Gasteiger charge is 2.23. The molecule has 4 nitrogen and oxygen atoms in total. The van der Waals surface area contributed by atoms with Crippen molar-refractivity contribution in [3.8, 4) is 5.75 Å². The summed E-state index contributed by atoms with van der Waals surface area (Å²) in [5.41, 5.74) is 0.796. The number of hydrogen-bond acceptors (Lipinski definition) is 5. The molecule has 0 amide bonds. The predicted octanol–water partition coefficient (Wildman–Crippen LogP) is 3.85. The summed E-state index contributed by atoms with van der Waals surface area (Å²) in [7, 11) is 2.98. The second kappa shape index (κ2) is 6.76. The molecule has 6 heteroatoms. The second-order valence-corrected chi connectivity index (χ2v) is 5.86. The molecule has 1 unspecified atom stereocenters. The Hall–Kier alpha value is -1.53. The fourth-order valence-corrected chi connectivity index (χ4v) is 3.20. The van der Waals surface area contributed by atoms with Crippen molar-refractivity contribution in [2.45, 2.75) is 6.04 Å². The molecule has 0 aliphatic heterocycles. The van der Waals surface area contributed by atoms with E-state index in [1.54, 1.807) is 7.11 Å². The van der Waals surface area contributed by atoms with Crippen molar-refractivity contribution in [2.24, 2.45) is 0 Å². The van der Waals surface area contributed by atoms with Crippen LogP contribution < -0.4 is 10.1 Å². The second-order valence-electron chi connectivity index (χ2n) is 4.00. The van der Waals surface area contributed by atoms with E-state index in [0.717, 1.165) is 20.8 Å². The van der Waals surface area contributed by atoms with Crippen LogP contribution in [0.1, 0.15) is 10.9 Å². The summed E-state index contributed by atoms with van der Waals surface area (Å²) in [6.45, 7) is 0. The molecule has 20 heavy (non-hydrogen) atoms. The highest BCUT2D eigenvalue weighted by atomic mass is 79.9. The molecule has 106 valence electrons. The Morgan fingerprint density at radius 2 is 2.15 bits per heavy atom. The van der Waals surface area contributed by atoms with Gasteiger partial charge in [0.05, 0.1) is 14.2 Å². The van der Waals surface area contributed by atoms with Crippen LogP contribution in [0.2, 0.25) is 0 Å². The largest absolute Gasteiger partial charge is 0.497 e. The Labute approximate surface area is 129 Å². The van der Waals surface area contributed by atoms with Crippen LogP contribution in [-0.4, -0.2) is 20.2 Å². The van der Waals surface area contributed by atoms with Crippen molar-refractivity contribution in [3.63, 3.8) is 0 Å². The molecule has 0 aliphatic rings. The third-order valence-electron chi connectivity index (χ3n) is 2.69. The fraction of sp³-hybridized carbons (Fsp3) is 0.214. The first-order chi connectivity index (χ1) is 9.63. The summed E-state index contributed by atoms with van der Waals surface area (Å²) >= 11 is 4.88. The minimum atomic E-state index is -0.539. The van der Waals surface area contributed by atoms with Gasteiger partial charge in [0.15, 0.2) is 6.04 Å². The van der Waals surface area contributed by atoms with Crippen LogP contribution in [0.15, 0.2) is 40.2 Å². The molecule has 0 fully saturated rings. The van der Waals surface area contributed by atoms with E-state index in [0.29, 0.717) is 0 Å². The lowest BCUT2D eigenvalue weighted by Crippen LogP contribution is -2.21. The van der Waals surface area contributed by atoms with Crippen molar-refractivity contribution >= 4 is 38.9 Å². The summed E-state index contributed by atoms with van der Waals surface area (Å²) in [5.74, 6) is 0.396. The minimum Gasteiger partial charge on any atom is -0.497 e. The van der Waals surface area contributed by atoms with Gasteiger partial charge in [0, 0.05) is 26.5 Å². The number of nitrogens with one attached hydrogen (secondary N) is 1. The number of anilines is 1. The van der Waals surface area contributed by atoms with Gasteiger partial charge in [0.25, 0.3) is 0 Å². The van der Waals surface area contributed by atoms with Gasteiger partial charge in [-0.2, -0.15) is 0 Å². The lowest BCUT2D eigenvalue weighted by atomic mass is 10.2. The first-order valence-electron chi connectivity index (χ1n) is 5.86. The van der Waals surface area contributed by atoms with E-state index in [9.17, 15) is 4.79 Å². The number of halogens is 1. The van der Waals surface area contributed by atoms with E-state index >= 15 is 0 Å². The topological polar surface area (TPSA) is 47.6 Å². The molecular formula is C14H14BrNO3S. The third kappa shape index (κ3) is 3.52. The van der Waals surface area contributed by atoms with Crippen molar-refractivity contribution in [2.75, 3.05) is 19.5 Å². The van der Waals surface area contributed by atoms with E-state index in [2.05, 4.69) is 21.2 Å². The first-order valence-corrected chi connectivity index (χ1v) is 7.53. The maximum absolute atomic E-state index is 12.0. The lowest BCUT2D eigenvalue weighted by Gasteiger charge is -2.16. The first kappa shape index (κ1) is 14.9. The number of benzene rings is 1. The molecule has 1 aromatic heterocycles. The maximum atomic E-state index is 12.0. The molecule has 0 saturated heterocycles. The monoisotopic (exact) mass is 355 g/mol. The van der Waals surface area contributed by atoms with Crippen LogP contribution in [0.3, 0.4) is 0 Å². The third-order valence-corrected chi connectivity index (χ3v) is 4.45. The van der Waals surface area contributed by atoms with Crippen molar-refractivity contribution in [1.29, 1.82) is 0 Å². The molecule has 1 aromatic carbocycles. The van der Waals surface area contributed by atoms with E-state index in [1.165, 1.54) is 18.4 Å². The Balaban J connectivity index is 2.25. The van der Waals surface area contributed by atoms with Gasteiger partial charge in [-0.25, -0.2) is 4.79 Å². The number of rotatable bonds is 5.